The molecule has 4 nitrogen and oxygen atoms in total. The van der Waals surface area contributed by atoms with E-state index in [1.807, 2.05) is 0 Å². The Morgan fingerprint density at radius 2 is 2.31 bits per heavy atom. The molecule has 0 aliphatic rings. The topological polar surface area (TPSA) is 65.2 Å². The molecule has 0 saturated carbocycles. The van der Waals surface area contributed by atoms with Crippen LogP contribution in [0.25, 0.3) is 0 Å². The molecule has 0 atom stereocenters. The summed E-state index contributed by atoms with van der Waals surface area (Å²) >= 11 is 1.75. The summed E-state index contributed by atoms with van der Waals surface area (Å²) in [4.78, 5) is 14.7. The van der Waals surface area contributed by atoms with E-state index in [-0.39, 0.29) is 15.8 Å². The molecule has 1 aromatic rings. The lowest BCUT2D eigenvalue weighted by Gasteiger charge is -2.08. The van der Waals surface area contributed by atoms with Gasteiger partial charge in [0.1, 0.15) is 9.39 Å². The summed E-state index contributed by atoms with van der Waals surface area (Å²) in [5.41, 5.74) is 5.78. The minimum Gasteiger partial charge on any atom is -0.469 e. The Bertz CT molecular complexity index is 413. The molecule has 0 aromatic carbocycles. The van der Waals surface area contributed by atoms with Crippen LogP contribution in [-0.4, -0.2) is 18.1 Å². The molecule has 0 radical (unpaired) electrons. The lowest BCUT2D eigenvalue weighted by Crippen LogP contribution is -2.10. The fraction of sp³-hybridized carbons (Fsp3) is 0.333. The molecule has 16 heavy (non-hydrogen) atoms. The standard InChI is InChI=1S/C9H9F2IN2O2/c1-16-6(15)3-4-2-5(8(10)11)14-9(12)7(4)13/h2,8H,3,13H2,1H3. The van der Waals surface area contributed by atoms with Crippen molar-refractivity contribution < 1.29 is 18.3 Å². The van der Waals surface area contributed by atoms with Gasteiger partial charge in [0, 0.05) is 0 Å². The fourth-order valence-electron chi connectivity index (χ4n) is 1.08. The number of ether oxygens (including phenoxy) is 1. The summed E-state index contributed by atoms with van der Waals surface area (Å²) < 4.78 is 29.6. The van der Waals surface area contributed by atoms with Gasteiger partial charge < -0.3 is 10.5 Å². The number of esters is 1. The Kier molecular flexibility index (Phi) is 4.39. The third kappa shape index (κ3) is 3.00. The van der Waals surface area contributed by atoms with E-state index in [4.69, 9.17) is 5.73 Å². The molecule has 0 saturated heterocycles. The van der Waals surface area contributed by atoms with Crippen LogP contribution >= 0.6 is 22.6 Å². The summed E-state index contributed by atoms with van der Waals surface area (Å²) in [5.74, 6) is -0.533. The van der Waals surface area contributed by atoms with Gasteiger partial charge >= 0.3 is 5.97 Å². The van der Waals surface area contributed by atoms with Gasteiger partial charge in [-0.1, -0.05) is 0 Å². The molecule has 0 bridgehead atoms. The van der Waals surface area contributed by atoms with Gasteiger partial charge in [0.25, 0.3) is 6.43 Å². The zero-order chi connectivity index (χ0) is 12.3. The molecule has 0 spiro atoms. The highest BCUT2D eigenvalue weighted by Gasteiger charge is 2.16. The normalized spacial score (nSPS) is 10.6. The zero-order valence-corrected chi connectivity index (χ0v) is 10.5. The number of alkyl halides is 2. The number of hydrogen-bond acceptors (Lipinski definition) is 4. The predicted molar refractivity (Wildman–Crippen MR) is 62.0 cm³/mol. The van der Waals surface area contributed by atoms with Crippen molar-refractivity contribution in [1.82, 2.24) is 4.98 Å². The predicted octanol–water partition coefficient (Wildman–Crippen LogP) is 1.92. The molecule has 0 aliphatic carbocycles. The lowest BCUT2D eigenvalue weighted by atomic mass is 10.1. The first-order valence-corrected chi connectivity index (χ1v) is 5.33. The molecule has 0 fully saturated rings. The van der Waals surface area contributed by atoms with Crippen LogP contribution in [0.3, 0.4) is 0 Å². The molecule has 88 valence electrons. The van der Waals surface area contributed by atoms with E-state index < -0.39 is 18.1 Å². The van der Waals surface area contributed by atoms with Crippen LogP contribution < -0.4 is 5.73 Å². The maximum Gasteiger partial charge on any atom is 0.310 e. The Morgan fingerprint density at radius 1 is 1.69 bits per heavy atom. The van der Waals surface area contributed by atoms with Crippen molar-refractivity contribution in [2.75, 3.05) is 12.8 Å². The Morgan fingerprint density at radius 3 is 2.81 bits per heavy atom. The second-order valence-electron chi connectivity index (χ2n) is 2.96. The minimum atomic E-state index is -2.69. The van der Waals surface area contributed by atoms with Crippen LogP contribution in [0.15, 0.2) is 6.07 Å². The summed E-state index contributed by atoms with van der Waals surface area (Å²) in [6.07, 6.45) is -2.83. The number of carbonyl (C=O) groups is 1. The number of methoxy groups -OCH3 is 1. The van der Waals surface area contributed by atoms with E-state index in [2.05, 4.69) is 9.72 Å². The van der Waals surface area contributed by atoms with Crippen molar-refractivity contribution >= 4 is 34.2 Å². The molecule has 0 aliphatic heterocycles. The van der Waals surface area contributed by atoms with Crippen molar-refractivity contribution in [2.45, 2.75) is 12.8 Å². The summed E-state index contributed by atoms with van der Waals surface area (Å²) in [6, 6.07) is 1.12. The monoisotopic (exact) mass is 342 g/mol. The van der Waals surface area contributed by atoms with Crippen molar-refractivity contribution in [3.63, 3.8) is 0 Å². The maximum absolute atomic E-state index is 12.5. The van der Waals surface area contributed by atoms with Crippen LogP contribution in [-0.2, 0) is 16.0 Å². The molecule has 2 N–H and O–H groups in total. The van der Waals surface area contributed by atoms with Crippen LogP contribution in [0, 0.1) is 3.70 Å². The van der Waals surface area contributed by atoms with E-state index >= 15 is 0 Å². The Balaban J connectivity index is 3.11. The third-order valence-corrected chi connectivity index (χ3v) is 2.73. The highest BCUT2D eigenvalue weighted by molar-refractivity contribution is 14.1. The highest BCUT2D eigenvalue weighted by atomic mass is 127. The van der Waals surface area contributed by atoms with Gasteiger partial charge in [0.05, 0.1) is 19.2 Å². The van der Waals surface area contributed by atoms with E-state index in [0.717, 1.165) is 6.07 Å². The van der Waals surface area contributed by atoms with Gasteiger partial charge in [0.15, 0.2) is 0 Å². The van der Waals surface area contributed by atoms with Crippen molar-refractivity contribution in [3.8, 4) is 0 Å². The molecular formula is C9H9F2IN2O2. The average Bonchev–Trinajstić information content (AvgIpc) is 2.23. The van der Waals surface area contributed by atoms with Crippen molar-refractivity contribution in [2.24, 2.45) is 0 Å². The molecule has 1 aromatic heterocycles. The number of nitrogens with zero attached hydrogens (tertiary/aromatic N) is 1. The average molecular weight is 342 g/mol. The number of anilines is 1. The lowest BCUT2D eigenvalue weighted by molar-refractivity contribution is -0.139. The van der Waals surface area contributed by atoms with Gasteiger partial charge in [-0.15, -0.1) is 0 Å². The number of nitrogens with two attached hydrogens (primary N) is 1. The van der Waals surface area contributed by atoms with Crippen molar-refractivity contribution in [3.05, 3.63) is 21.0 Å². The largest absolute Gasteiger partial charge is 0.469 e. The number of pyridine rings is 1. The fourth-order valence-corrected chi connectivity index (χ4v) is 1.71. The van der Waals surface area contributed by atoms with Crippen LogP contribution in [0.4, 0.5) is 14.5 Å². The van der Waals surface area contributed by atoms with Gasteiger partial charge in [-0.05, 0) is 34.2 Å². The number of halogens is 3. The van der Waals surface area contributed by atoms with Gasteiger partial charge in [0.2, 0.25) is 0 Å². The molecule has 7 heteroatoms. The number of nitrogen functional groups attached to an aromatic ring is 1. The molecular weight excluding hydrogens is 333 g/mol. The molecule has 0 amide bonds. The summed E-state index contributed by atoms with van der Waals surface area (Å²) in [6.45, 7) is 0. The Labute approximate surface area is 104 Å². The van der Waals surface area contributed by atoms with Gasteiger partial charge in [-0.2, -0.15) is 0 Å². The smallest absolute Gasteiger partial charge is 0.310 e. The number of carbonyl (C=O) groups excluding carboxylic acids is 1. The first-order chi connectivity index (χ1) is 7.45. The first kappa shape index (κ1) is 13.1. The van der Waals surface area contributed by atoms with Crippen LogP contribution in [0.1, 0.15) is 17.7 Å². The van der Waals surface area contributed by atoms with Crippen molar-refractivity contribution in [1.29, 1.82) is 0 Å². The highest BCUT2D eigenvalue weighted by Crippen LogP contribution is 2.25. The van der Waals surface area contributed by atoms with Crippen LogP contribution in [0.5, 0.6) is 0 Å². The van der Waals surface area contributed by atoms with E-state index in [1.54, 1.807) is 22.6 Å². The first-order valence-electron chi connectivity index (χ1n) is 4.25. The second kappa shape index (κ2) is 5.37. The van der Waals surface area contributed by atoms with Crippen LogP contribution in [0.2, 0.25) is 0 Å². The third-order valence-electron chi connectivity index (χ3n) is 1.90. The minimum absolute atomic E-state index is 0.138. The molecule has 1 rings (SSSR count). The zero-order valence-electron chi connectivity index (χ0n) is 8.34. The molecule has 1 heterocycles. The number of aromatic nitrogens is 1. The SMILES string of the molecule is COC(=O)Cc1cc(C(F)F)nc(I)c1N. The quantitative estimate of drug-likeness (QED) is 0.518. The number of hydrogen-bond donors (Lipinski definition) is 1. The summed E-state index contributed by atoms with van der Waals surface area (Å²) in [5, 5.41) is 0. The van der Waals surface area contributed by atoms with E-state index in [1.165, 1.54) is 7.11 Å². The second-order valence-corrected chi connectivity index (χ2v) is 3.99. The van der Waals surface area contributed by atoms with E-state index in [9.17, 15) is 13.6 Å². The molecule has 0 unspecified atom stereocenters. The van der Waals surface area contributed by atoms with E-state index in [0.29, 0.717) is 5.56 Å². The van der Waals surface area contributed by atoms with Gasteiger partial charge in [-0.25, -0.2) is 13.8 Å². The number of rotatable bonds is 3. The van der Waals surface area contributed by atoms with Gasteiger partial charge in [-0.3, -0.25) is 4.79 Å². The summed E-state index contributed by atoms with van der Waals surface area (Å²) in [7, 11) is 1.22. The Hall–Kier alpha value is -0.990. The maximum atomic E-state index is 12.5.